The Hall–Kier alpha value is -4.37. The maximum absolute atomic E-state index is 6.19. The minimum Gasteiger partial charge on any atom is -0.456 e. The van der Waals surface area contributed by atoms with Crippen LogP contribution in [0.4, 0.5) is 0 Å². The normalized spacial score (nSPS) is 12.4. The van der Waals surface area contributed by atoms with Crippen LogP contribution in [0.25, 0.3) is 71.3 Å². The zero-order valence-corrected chi connectivity index (χ0v) is 18.0. The van der Waals surface area contributed by atoms with Gasteiger partial charge >= 0.3 is 0 Å². The van der Waals surface area contributed by atoms with Crippen LogP contribution in [0.3, 0.4) is 0 Å². The molecule has 3 heteroatoms. The van der Waals surface area contributed by atoms with Crippen LogP contribution in [0.1, 0.15) is 5.56 Å². The van der Waals surface area contributed by atoms with E-state index in [1.165, 1.54) is 54.4 Å². The van der Waals surface area contributed by atoms with Crippen molar-refractivity contribution in [3.63, 3.8) is 0 Å². The Balaban J connectivity index is 1.55. The van der Waals surface area contributed by atoms with E-state index in [1.54, 1.807) is 0 Å². The molecular formula is C30H18N2O. The van der Waals surface area contributed by atoms with Gasteiger partial charge in [-0.25, -0.2) is 0 Å². The van der Waals surface area contributed by atoms with E-state index in [-0.39, 0.29) is 0 Å². The van der Waals surface area contributed by atoms with Crippen LogP contribution < -0.4 is 0 Å². The number of rotatable bonds is 1. The standard InChI is InChI=1S/C30H18N2O/c1-17-9-11-23(31-16-17)18-10-12-24-22(15-18)19-6-4-7-21-28-25(32(24)30(19)21)13-14-27-29(28)20-5-2-3-8-26(20)33-27/h2-16H,1H3. The molecule has 154 valence electrons. The van der Waals surface area contributed by atoms with E-state index >= 15 is 0 Å². The molecule has 3 nitrogen and oxygen atoms in total. The minimum absolute atomic E-state index is 0.935. The van der Waals surface area contributed by atoms with Crippen LogP contribution in [-0.2, 0) is 0 Å². The SMILES string of the molecule is Cc1ccc(-c2ccc3c(c2)c2cccc4c5c6c(ccc5n3c24)oc2ccccc26)nc1. The molecule has 4 aromatic carbocycles. The van der Waals surface area contributed by atoms with Crippen LogP contribution in [0.2, 0.25) is 0 Å². The first kappa shape index (κ1) is 17.2. The van der Waals surface area contributed by atoms with E-state index in [9.17, 15) is 0 Å². The number of nitrogens with zero attached hydrogens (tertiary/aromatic N) is 2. The third-order valence-electron chi connectivity index (χ3n) is 7.03. The summed E-state index contributed by atoms with van der Waals surface area (Å²) >= 11 is 0. The largest absolute Gasteiger partial charge is 0.456 e. The van der Waals surface area contributed by atoms with Gasteiger partial charge in [0.05, 0.1) is 22.2 Å². The van der Waals surface area contributed by atoms with Crippen LogP contribution in [0, 0.1) is 6.92 Å². The van der Waals surface area contributed by atoms with Gasteiger partial charge in [-0.2, -0.15) is 0 Å². The van der Waals surface area contributed by atoms with Gasteiger partial charge in [-0.3, -0.25) is 4.98 Å². The van der Waals surface area contributed by atoms with Crippen LogP contribution in [0.15, 0.2) is 95.5 Å². The molecule has 0 aliphatic heterocycles. The van der Waals surface area contributed by atoms with Gasteiger partial charge in [-0.05, 0) is 48.9 Å². The predicted octanol–water partition coefficient (Wildman–Crippen LogP) is 8.11. The van der Waals surface area contributed by atoms with Crippen LogP contribution in [0.5, 0.6) is 0 Å². The van der Waals surface area contributed by atoms with Gasteiger partial charge in [0.1, 0.15) is 11.2 Å². The van der Waals surface area contributed by atoms with E-state index in [2.05, 4.69) is 89.1 Å². The Morgan fingerprint density at radius 2 is 1.52 bits per heavy atom. The highest BCUT2D eigenvalue weighted by Gasteiger charge is 2.21. The van der Waals surface area contributed by atoms with E-state index < -0.39 is 0 Å². The quantitative estimate of drug-likeness (QED) is 0.267. The van der Waals surface area contributed by atoms with Crippen molar-refractivity contribution in [2.24, 2.45) is 0 Å². The third-order valence-corrected chi connectivity index (χ3v) is 7.03. The summed E-state index contributed by atoms with van der Waals surface area (Å²) in [5.41, 5.74) is 8.90. The monoisotopic (exact) mass is 422 g/mol. The highest BCUT2D eigenvalue weighted by atomic mass is 16.3. The molecule has 0 radical (unpaired) electrons. The Kier molecular flexibility index (Phi) is 3.08. The van der Waals surface area contributed by atoms with Gasteiger partial charge in [0, 0.05) is 44.1 Å². The molecule has 4 heterocycles. The van der Waals surface area contributed by atoms with Crippen molar-refractivity contribution in [3.05, 3.63) is 96.7 Å². The molecule has 0 bridgehead atoms. The second-order valence-electron chi connectivity index (χ2n) is 8.92. The summed E-state index contributed by atoms with van der Waals surface area (Å²) in [4.78, 5) is 4.65. The topological polar surface area (TPSA) is 30.4 Å². The first-order chi connectivity index (χ1) is 16.3. The fourth-order valence-corrected chi connectivity index (χ4v) is 5.58. The van der Waals surface area contributed by atoms with E-state index in [0.29, 0.717) is 0 Å². The number of fused-ring (bicyclic) bond motifs is 10. The molecule has 4 aromatic heterocycles. The van der Waals surface area contributed by atoms with Gasteiger partial charge in [0.25, 0.3) is 0 Å². The maximum atomic E-state index is 6.19. The molecule has 0 N–H and O–H groups in total. The summed E-state index contributed by atoms with van der Waals surface area (Å²) in [6.45, 7) is 2.07. The first-order valence-electron chi connectivity index (χ1n) is 11.2. The maximum Gasteiger partial charge on any atom is 0.136 e. The Morgan fingerprint density at radius 3 is 2.42 bits per heavy atom. The molecule has 0 unspecified atom stereocenters. The number of hydrogen-bond acceptors (Lipinski definition) is 2. The number of furan rings is 1. The van der Waals surface area contributed by atoms with Gasteiger partial charge in [0.15, 0.2) is 0 Å². The molecule has 0 aliphatic rings. The molecule has 33 heavy (non-hydrogen) atoms. The highest BCUT2D eigenvalue weighted by Crippen LogP contribution is 2.44. The highest BCUT2D eigenvalue weighted by molar-refractivity contribution is 6.32. The van der Waals surface area contributed by atoms with Gasteiger partial charge in [-0.15, -0.1) is 0 Å². The number of benzene rings is 4. The zero-order valence-electron chi connectivity index (χ0n) is 18.0. The van der Waals surface area contributed by atoms with Gasteiger partial charge < -0.3 is 8.82 Å². The van der Waals surface area contributed by atoms with E-state index in [4.69, 9.17) is 4.42 Å². The fourth-order valence-electron chi connectivity index (χ4n) is 5.58. The lowest BCUT2D eigenvalue weighted by molar-refractivity contribution is 0.669. The van der Waals surface area contributed by atoms with Crippen LogP contribution in [-0.4, -0.2) is 9.38 Å². The zero-order chi connectivity index (χ0) is 21.7. The number of hydrogen-bond donors (Lipinski definition) is 0. The lowest BCUT2D eigenvalue weighted by atomic mass is 10.0. The second kappa shape index (κ2) is 5.90. The summed E-state index contributed by atoms with van der Waals surface area (Å²) in [7, 11) is 0. The molecule has 8 rings (SSSR count). The third kappa shape index (κ3) is 2.12. The van der Waals surface area contributed by atoms with Crippen molar-refractivity contribution in [1.82, 2.24) is 9.38 Å². The van der Waals surface area contributed by atoms with Crippen molar-refractivity contribution in [2.75, 3.05) is 0 Å². The molecule has 8 aromatic rings. The Bertz CT molecular complexity index is 2020. The minimum atomic E-state index is 0.935. The summed E-state index contributed by atoms with van der Waals surface area (Å²) in [5.74, 6) is 0. The van der Waals surface area contributed by atoms with E-state index in [1.807, 2.05) is 18.3 Å². The molecule has 0 amide bonds. The Morgan fingerprint density at radius 1 is 0.667 bits per heavy atom. The lowest BCUT2D eigenvalue weighted by Crippen LogP contribution is -1.85. The predicted molar refractivity (Wildman–Crippen MR) is 136 cm³/mol. The van der Waals surface area contributed by atoms with Crippen molar-refractivity contribution in [2.45, 2.75) is 6.92 Å². The second-order valence-corrected chi connectivity index (χ2v) is 8.92. The molecule has 0 atom stereocenters. The average molecular weight is 422 g/mol. The first-order valence-corrected chi connectivity index (χ1v) is 11.2. The summed E-state index contributed by atoms with van der Waals surface area (Å²) < 4.78 is 8.61. The van der Waals surface area contributed by atoms with Crippen LogP contribution >= 0.6 is 0 Å². The number of para-hydroxylation sites is 2. The average Bonchev–Trinajstić information content (AvgIpc) is 3.50. The molecule has 0 fully saturated rings. The van der Waals surface area contributed by atoms with E-state index in [0.717, 1.165) is 22.4 Å². The fraction of sp³-hybridized carbons (Fsp3) is 0.0333. The van der Waals surface area contributed by atoms with Crippen molar-refractivity contribution in [3.8, 4) is 11.3 Å². The lowest BCUT2D eigenvalue weighted by Gasteiger charge is -2.03. The van der Waals surface area contributed by atoms with Crippen molar-refractivity contribution in [1.29, 1.82) is 0 Å². The summed E-state index contributed by atoms with van der Waals surface area (Å²) in [5, 5.41) is 7.44. The molecule has 0 saturated carbocycles. The molecule has 0 aliphatic carbocycles. The van der Waals surface area contributed by atoms with Crippen molar-refractivity contribution < 1.29 is 4.42 Å². The summed E-state index contributed by atoms with van der Waals surface area (Å²) in [6, 6.07) is 30.2. The molecule has 0 saturated heterocycles. The number of pyridine rings is 1. The molecular weight excluding hydrogens is 404 g/mol. The Labute approximate surface area is 188 Å². The van der Waals surface area contributed by atoms with Gasteiger partial charge in [-0.1, -0.05) is 48.5 Å². The summed E-state index contributed by atoms with van der Waals surface area (Å²) in [6.07, 6.45) is 1.93. The number of aromatic nitrogens is 2. The number of aryl methyl sites for hydroxylation is 1. The smallest absolute Gasteiger partial charge is 0.136 e. The van der Waals surface area contributed by atoms with Crippen molar-refractivity contribution >= 4 is 60.0 Å². The molecule has 0 spiro atoms. The van der Waals surface area contributed by atoms with Gasteiger partial charge in [0.2, 0.25) is 0 Å².